The zero-order valence-corrected chi connectivity index (χ0v) is 12.7. The van der Waals surface area contributed by atoms with Gasteiger partial charge in [0.25, 0.3) is 0 Å². The minimum Gasteiger partial charge on any atom is -0.465 e. The van der Waals surface area contributed by atoms with Crippen LogP contribution in [0.25, 0.3) is 0 Å². The molecule has 1 atom stereocenters. The van der Waals surface area contributed by atoms with E-state index >= 15 is 0 Å². The fourth-order valence-corrected chi connectivity index (χ4v) is 2.70. The lowest BCUT2D eigenvalue weighted by atomic mass is 10.1. The lowest BCUT2D eigenvalue weighted by Crippen LogP contribution is -2.54. The fourth-order valence-electron chi connectivity index (χ4n) is 2.41. The summed E-state index contributed by atoms with van der Waals surface area (Å²) in [6.07, 6.45) is 0. The van der Waals surface area contributed by atoms with Crippen LogP contribution in [0.1, 0.15) is 18.1 Å². The van der Waals surface area contributed by atoms with Gasteiger partial charge in [0.2, 0.25) is 0 Å². The second kappa shape index (κ2) is 7.07. The number of nitrogens with zero attached hydrogens (tertiary/aromatic N) is 1. The van der Waals surface area contributed by atoms with Gasteiger partial charge in [0.15, 0.2) is 0 Å². The first-order valence-electron chi connectivity index (χ1n) is 6.98. The minimum absolute atomic E-state index is 0.164. The minimum atomic E-state index is -0.235. The first kappa shape index (κ1) is 15.3. The third kappa shape index (κ3) is 3.72. The van der Waals surface area contributed by atoms with E-state index in [2.05, 4.69) is 10.2 Å². The van der Waals surface area contributed by atoms with E-state index < -0.39 is 0 Å². The number of carbonyl (C=O) groups is 1. The molecule has 1 N–H and O–H groups in total. The maximum atomic E-state index is 12.0. The first-order valence-corrected chi connectivity index (χ1v) is 7.36. The second-order valence-electron chi connectivity index (χ2n) is 5.04. The molecule has 0 bridgehead atoms. The topological polar surface area (TPSA) is 41.6 Å². The Kier molecular flexibility index (Phi) is 5.40. The van der Waals surface area contributed by atoms with E-state index in [1.54, 1.807) is 0 Å². The molecule has 5 heteroatoms. The van der Waals surface area contributed by atoms with E-state index in [1.165, 1.54) is 0 Å². The summed E-state index contributed by atoms with van der Waals surface area (Å²) in [4.78, 5) is 14.1. The van der Waals surface area contributed by atoms with E-state index in [0.29, 0.717) is 19.7 Å². The smallest absolute Gasteiger partial charge is 0.324 e. The third-order valence-corrected chi connectivity index (χ3v) is 3.85. The van der Waals surface area contributed by atoms with Crippen LogP contribution in [0.4, 0.5) is 0 Å². The fraction of sp³-hybridized carbons (Fsp3) is 0.533. The van der Waals surface area contributed by atoms with Gasteiger partial charge < -0.3 is 10.1 Å². The zero-order valence-electron chi connectivity index (χ0n) is 12.0. The predicted octanol–water partition coefficient (Wildman–Crippen LogP) is 1.99. The average molecular weight is 297 g/mol. The number of ether oxygens (including phenoxy) is 1. The molecule has 1 aliphatic heterocycles. The summed E-state index contributed by atoms with van der Waals surface area (Å²) < 4.78 is 5.15. The number of benzene rings is 1. The van der Waals surface area contributed by atoms with Crippen LogP contribution in [0.15, 0.2) is 18.2 Å². The molecule has 1 saturated heterocycles. The molecule has 1 fully saturated rings. The Hall–Kier alpha value is -1.10. The molecule has 1 aromatic rings. The van der Waals surface area contributed by atoms with E-state index in [0.717, 1.165) is 29.2 Å². The lowest BCUT2D eigenvalue weighted by molar-refractivity contribution is -0.150. The molecule has 1 heterocycles. The predicted molar refractivity (Wildman–Crippen MR) is 79.9 cm³/mol. The summed E-state index contributed by atoms with van der Waals surface area (Å²) in [5.41, 5.74) is 2.19. The molecule has 2 rings (SSSR count). The summed E-state index contributed by atoms with van der Waals surface area (Å²) in [5, 5.41) is 3.99. The van der Waals surface area contributed by atoms with E-state index in [1.807, 2.05) is 32.0 Å². The molecular formula is C15H21ClN2O2. The van der Waals surface area contributed by atoms with Crippen LogP contribution < -0.4 is 5.32 Å². The third-order valence-electron chi connectivity index (χ3n) is 3.49. The Labute approximate surface area is 125 Å². The van der Waals surface area contributed by atoms with Crippen molar-refractivity contribution in [2.24, 2.45) is 0 Å². The van der Waals surface area contributed by atoms with Crippen LogP contribution in [0.5, 0.6) is 0 Å². The molecule has 0 saturated carbocycles. The molecule has 0 spiro atoms. The van der Waals surface area contributed by atoms with Crippen molar-refractivity contribution in [3.8, 4) is 0 Å². The van der Waals surface area contributed by atoms with Crippen molar-refractivity contribution in [1.29, 1.82) is 0 Å². The number of piperazine rings is 1. The van der Waals surface area contributed by atoms with Crippen LogP contribution in [0.2, 0.25) is 5.02 Å². The highest BCUT2D eigenvalue weighted by Crippen LogP contribution is 2.21. The van der Waals surface area contributed by atoms with Gasteiger partial charge in [-0.05, 0) is 31.0 Å². The molecule has 0 aliphatic carbocycles. The molecule has 110 valence electrons. The number of hydrogen-bond donors (Lipinski definition) is 1. The van der Waals surface area contributed by atoms with Crippen LogP contribution in [0.3, 0.4) is 0 Å². The SMILES string of the molecule is CCOC(=O)C1CNCCN1Cc1ccc(C)cc1Cl. The van der Waals surface area contributed by atoms with Gasteiger partial charge >= 0.3 is 5.97 Å². The Bertz CT molecular complexity index is 479. The van der Waals surface area contributed by atoms with Gasteiger partial charge in [-0.2, -0.15) is 0 Å². The maximum absolute atomic E-state index is 12.0. The molecule has 0 radical (unpaired) electrons. The summed E-state index contributed by atoms with van der Waals surface area (Å²) in [7, 11) is 0. The number of aryl methyl sites for hydroxylation is 1. The number of halogens is 1. The number of carbonyl (C=O) groups excluding carboxylic acids is 1. The Morgan fingerprint density at radius 1 is 1.55 bits per heavy atom. The molecule has 0 amide bonds. The van der Waals surface area contributed by atoms with Crippen molar-refractivity contribution in [1.82, 2.24) is 10.2 Å². The number of esters is 1. The molecule has 1 unspecified atom stereocenters. The quantitative estimate of drug-likeness (QED) is 0.863. The van der Waals surface area contributed by atoms with Crippen molar-refractivity contribution in [2.45, 2.75) is 26.4 Å². The number of rotatable bonds is 4. The molecule has 4 nitrogen and oxygen atoms in total. The van der Waals surface area contributed by atoms with Gasteiger partial charge in [-0.1, -0.05) is 23.7 Å². The van der Waals surface area contributed by atoms with Crippen LogP contribution in [0, 0.1) is 6.92 Å². The second-order valence-corrected chi connectivity index (χ2v) is 5.44. The Morgan fingerprint density at radius 3 is 3.05 bits per heavy atom. The summed E-state index contributed by atoms with van der Waals surface area (Å²) in [5.74, 6) is -0.164. The van der Waals surface area contributed by atoms with E-state index in [4.69, 9.17) is 16.3 Å². The molecule has 20 heavy (non-hydrogen) atoms. The van der Waals surface area contributed by atoms with Crippen molar-refractivity contribution < 1.29 is 9.53 Å². The highest BCUT2D eigenvalue weighted by atomic mass is 35.5. The normalized spacial score (nSPS) is 19.9. The van der Waals surface area contributed by atoms with Gasteiger partial charge in [0.05, 0.1) is 6.61 Å². The van der Waals surface area contributed by atoms with Crippen LogP contribution >= 0.6 is 11.6 Å². The monoisotopic (exact) mass is 296 g/mol. The van der Waals surface area contributed by atoms with Gasteiger partial charge in [0, 0.05) is 31.2 Å². The highest BCUT2D eigenvalue weighted by molar-refractivity contribution is 6.31. The molecule has 1 aliphatic rings. The largest absolute Gasteiger partial charge is 0.465 e. The van der Waals surface area contributed by atoms with Crippen LogP contribution in [-0.2, 0) is 16.1 Å². The molecule has 1 aromatic carbocycles. The van der Waals surface area contributed by atoms with Gasteiger partial charge in [0.1, 0.15) is 6.04 Å². The number of nitrogens with one attached hydrogen (secondary N) is 1. The summed E-state index contributed by atoms with van der Waals surface area (Å²) in [6, 6.07) is 5.80. The average Bonchev–Trinajstić information content (AvgIpc) is 2.43. The van der Waals surface area contributed by atoms with E-state index in [9.17, 15) is 4.79 Å². The molecular weight excluding hydrogens is 276 g/mol. The van der Waals surface area contributed by atoms with Crippen molar-refractivity contribution in [3.05, 3.63) is 34.3 Å². The summed E-state index contributed by atoms with van der Waals surface area (Å²) >= 11 is 6.28. The highest BCUT2D eigenvalue weighted by Gasteiger charge is 2.29. The van der Waals surface area contributed by atoms with Crippen molar-refractivity contribution in [2.75, 3.05) is 26.2 Å². The standard InChI is InChI=1S/C15H21ClN2O2/c1-3-20-15(19)14-9-17-6-7-18(14)10-12-5-4-11(2)8-13(12)16/h4-5,8,14,17H,3,6-7,9-10H2,1-2H3. The Morgan fingerprint density at radius 2 is 2.35 bits per heavy atom. The lowest BCUT2D eigenvalue weighted by Gasteiger charge is -2.34. The van der Waals surface area contributed by atoms with Gasteiger partial charge in [-0.15, -0.1) is 0 Å². The van der Waals surface area contributed by atoms with Gasteiger partial charge in [-0.3, -0.25) is 9.69 Å². The van der Waals surface area contributed by atoms with Crippen molar-refractivity contribution in [3.63, 3.8) is 0 Å². The zero-order chi connectivity index (χ0) is 14.5. The van der Waals surface area contributed by atoms with Crippen LogP contribution in [-0.4, -0.2) is 43.2 Å². The summed E-state index contributed by atoms with van der Waals surface area (Å²) in [6.45, 7) is 7.24. The van der Waals surface area contributed by atoms with E-state index in [-0.39, 0.29) is 12.0 Å². The number of hydrogen-bond acceptors (Lipinski definition) is 4. The van der Waals surface area contributed by atoms with Crippen molar-refractivity contribution >= 4 is 17.6 Å². The Balaban J connectivity index is 2.10. The molecule has 0 aromatic heterocycles. The van der Waals surface area contributed by atoms with Gasteiger partial charge in [-0.25, -0.2) is 0 Å². The maximum Gasteiger partial charge on any atom is 0.324 e. The first-order chi connectivity index (χ1) is 9.61.